The van der Waals surface area contributed by atoms with Gasteiger partial charge < -0.3 is 28.4 Å². The number of para-hydroxylation sites is 5. The van der Waals surface area contributed by atoms with Crippen molar-refractivity contribution in [2.45, 2.75) is 78.6 Å². The zero-order valence-corrected chi connectivity index (χ0v) is 68.4. The van der Waals surface area contributed by atoms with Crippen LogP contribution in [0.4, 0.5) is 51.2 Å². The molecule has 20 aromatic rings. The van der Waals surface area contributed by atoms with Gasteiger partial charge in [0.2, 0.25) is 0 Å². The summed E-state index contributed by atoms with van der Waals surface area (Å²) in [6, 6.07) is 88.3. The van der Waals surface area contributed by atoms with Crippen molar-refractivity contribution in [2.75, 3.05) is 14.7 Å². The Morgan fingerprint density at radius 3 is 1.12 bits per heavy atom. The van der Waals surface area contributed by atoms with E-state index in [-0.39, 0.29) is 67.0 Å². The lowest BCUT2D eigenvalue weighted by atomic mass is 9.33. The molecule has 0 fully saturated rings. The first-order valence-electron chi connectivity index (χ1n) is 49.7. The van der Waals surface area contributed by atoms with E-state index < -0.39 is 103 Å². The van der Waals surface area contributed by atoms with Gasteiger partial charge in [0.25, 0.3) is 6.71 Å². The molecule has 3 aromatic heterocycles. The molecule has 17 aromatic carbocycles. The van der Waals surface area contributed by atoms with Gasteiger partial charge in [0.15, 0.2) is 0 Å². The number of rotatable bonds is 12. The second kappa shape index (κ2) is 28.2. The highest BCUT2D eigenvalue weighted by atomic mass is 15.2. The summed E-state index contributed by atoms with van der Waals surface area (Å²) in [7, 11) is 0. The van der Waals surface area contributed by atoms with Crippen LogP contribution in [0.15, 0.2) is 388 Å². The van der Waals surface area contributed by atoms with Crippen LogP contribution in [0.5, 0.6) is 0 Å². The minimum Gasteiger partial charge on any atom is -0.311 e. The van der Waals surface area contributed by atoms with E-state index in [1.165, 1.54) is 11.1 Å². The van der Waals surface area contributed by atoms with Crippen LogP contribution in [-0.4, -0.2) is 20.4 Å². The largest absolute Gasteiger partial charge is 0.311 e. The second-order valence-corrected chi connectivity index (χ2v) is 34.9. The molecule has 2 aliphatic rings. The molecule has 7 heteroatoms. The van der Waals surface area contributed by atoms with E-state index in [1.807, 2.05) is 102 Å². The number of fused-ring (bicyclic) bond motifs is 13. The molecule has 580 valence electrons. The second-order valence-electron chi connectivity index (χ2n) is 34.9. The Morgan fingerprint density at radius 2 is 0.645 bits per heavy atom. The van der Waals surface area contributed by atoms with Gasteiger partial charge in [-0.05, 0) is 234 Å². The Labute approximate surface area is 732 Å². The number of hydrogen-bond donors (Lipinski definition) is 0. The topological polar surface area (TPSA) is 24.5 Å². The molecule has 0 N–H and O–H groups in total. The van der Waals surface area contributed by atoms with Gasteiger partial charge in [0.05, 0.1) is 67.8 Å². The zero-order chi connectivity index (χ0) is 96.5. The lowest BCUT2D eigenvalue weighted by Gasteiger charge is -2.45. The number of aromatic nitrogens is 3. The molecule has 0 atom stereocenters. The van der Waals surface area contributed by atoms with E-state index in [0.29, 0.717) is 50.7 Å². The van der Waals surface area contributed by atoms with E-state index in [2.05, 4.69) is 228 Å². The summed E-state index contributed by atoms with van der Waals surface area (Å²) >= 11 is 0. The molecule has 22 rings (SSSR count). The fraction of sp³-hybridized carbons (Fsp3) is 0.105. The Morgan fingerprint density at radius 1 is 0.256 bits per heavy atom. The van der Waals surface area contributed by atoms with Crippen LogP contribution in [0.1, 0.15) is 102 Å². The van der Waals surface area contributed by atoms with Crippen LogP contribution in [0.2, 0.25) is 0 Å². The molecule has 121 heavy (non-hydrogen) atoms. The van der Waals surface area contributed by atoms with Crippen molar-refractivity contribution < 1.29 is 23.3 Å². The van der Waals surface area contributed by atoms with Gasteiger partial charge in [-0.3, -0.25) is 0 Å². The summed E-state index contributed by atoms with van der Waals surface area (Å²) in [6.45, 7) is 19.2. The molecule has 0 aliphatic carbocycles. The molecule has 0 bridgehead atoms. The van der Waals surface area contributed by atoms with E-state index in [1.54, 1.807) is 45.9 Å². The van der Waals surface area contributed by atoms with Gasteiger partial charge in [0.1, 0.15) is 0 Å². The van der Waals surface area contributed by atoms with Crippen LogP contribution in [-0.2, 0) is 16.2 Å². The van der Waals surface area contributed by atoms with Crippen LogP contribution in [0, 0.1) is 0 Å². The highest BCUT2D eigenvalue weighted by Gasteiger charge is 2.46. The van der Waals surface area contributed by atoms with Gasteiger partial charge in [0, 0.05) is 100 Å². The van der Waals surface area contributed by atoms with E-state index >= 15 is 0 Å². The average molecular weight is 1570 g/mol. The summed E-state index contributed by atoms with van der Waals surface area (Å²) in [5.74, 6) is 0. The maximum atomic E-state index is 10.6. The SMILES string of the molecule is [2H]c1c([2H])c([2H])c(N(c2ccccc2)c2ccc3c(c2)c2c([2H])c([2H])c([2H])c([2H])c2n3-c2cc3c4c(c2)N(c2c(-c5ccccc5)cc(C(C)(C)C)cc2-c2ccccc2)c2cc(-n5c6c([2H])c([2H])c([2H])c([2H])c6c6c([2H])c([2H])c([2H])c([2H])c65)ccc2B4c2ccc(-n4c5ccc(C(C)(C)C)cc5c5cc(C(C)(C)C)ccc54)cc2N3c2cc(-c3ccccc3)cc(-c3ccccc3)c2)c([2H])c1[2H]. The lowest BCUT2D eigenvalue weighted by molar-refractivity contribution is 0.590. The van der Waals surface area contributed by atoms with E-state index in [0.717, 1.165) is 105 Å². The molecule has 0 radical (unpaired) electrons. The summed E-state index contributed by atoms with van der Waals surface area (Å²) in [6.07, 6.45) is 0. The van der Waals surface area contributed by atoms with Gasteiger partial charge in [-0.15, -0.1) is 0 Å². The first-order valence-corrected chi connectivity index (χ1v) is 41.2. The van der Waals surface area contributed by atoms with Crippen molar-refractivity contribution in [3.63, 3.8) is 0 Å². The predicted molar refractivity (Wildman–Crippen MR) is 516 cm³/mol. The molecule has 2 aliphatic heterocycles. The van der Waals surface area contributed by atoms with E-state index in [4.69, 9.17) is 4.11 Å². The minimum atomic E-state index is -0.789. The van der Waals surface area contributed by atoms with Crippen molar-refractivity contribution in [3.8, 4) is 61.6 Å². The van der Waals surface area contributed by atoms with Gasteiger partial charge >= 0.3 is 0 Å². The van der Waals surface area contributed by atoms with Crippen LogP contribution >= 0.6 is 0 Å². The molecular weight excluding hydrogens is 1460 g/mol. The zero-order valence-electron chi connectivity index (χ0n) is 85.4. The Kier molecular flexibility index (Phi) is 13.2. The maximum absolute atomic E-state index is 10.6. The number of hydrogen-bond acceptors (Lipinski definition) is 3. The molecule has 0 unspecified atom stereocenters. The molecule has 0 spiro atoms. The van der Waals surface area contributed by atoms with Gasteiger partial charge in [-0.25, -0.2) is 0 Å². The van der Waals surface area contributed by atoms with Gasteiger partial charge in [-0.1, -0.05) is 299 Å². The van der Waals surface area contributed by atoms with Crippen molar-refractivity contribution in [3.05, 3.63) is 405 Å². The third-order valence-electron chi connectivity index (χ3n) is 24.5. The lowest BCUT2D eigenvalue weighted by Crippen LogP contribution is -2.61. The summed E-state index contributed by atoms with van der Waals surface area (Å²) in [5, 5.41) is 2.40. The summed E-state index contributed by atoms with van der Waals surface area (Å²) in [4.78, 5) is 6.22. The number of nitrogens with zero attached hydrogens (tertiary/aromatic N) is 6. The average Bonchev–Trinajstić information content (AvgIpc) is 1.26. The molecule has 5 heterocycles. The standard InChI is InChI=1S/C114H91BN6/c1-112(2,3)80-52-59-103-95(65-80)96-66-81(113(4,5)6)53-60-104(96)118(103)86-54-57-98-106(70-86)120(88-63-78(74-34-16-10-17-35-74)62-79(64-88)75-36-18-11-19-37-75)108-72-89(119-102-51-33-30-48-92(102)97-69-85(56-61-105(97)119)116(83-42-24-14-25-43-83)84-44-26-15-27-45-84)73-109-110(108)115(98)99-58-55-87(117-100-49-31-28-46-90(100)91-47-29-32-50-101(91)117)71-107(99)121(109)111-93(76-38-20-12-21-39-76)67-82(114(7,8)9)68-94(111)77-40-22-13-23-41-77/h10-73H,1-9H3/i14D,24D,25D,28D,29D,30D,31D,32D,33D,42D,43D,46D,47D,48D,49D,50D,51D. The van der Waals surface area contributed by atoms with Crippen LogP contribution in [0.3, 0.4) is 0 Å². The fourth-order valence-electron chi connectivity index (χ4n) is 18.6. The van der Waals surface area contributed by atoms with Gasteiger partial charge in [-0.2, -0.15) is 0 Å². The molecular formula is C114H91BN6. The quantitative estimate of drug-likeness (QED) is 0.114. The summed E-state index contributed by atoms with van der Waals surface area (Å²) < 4.78 is 170. The molecule has 0 saturated heterocycles. The van der Waals surface area contributed by atoms with Crippen molar-refractivity contribution in [2.24, 2.45) is 0 Å². The van der Waals surface area contributed by atoms with Crippen molar-refractivity contribution >= 4 is 140 Å². The van der Waals surface area contributed by atoms with Crippen LogP contribution in [0.25, 0.3) is 127 Å². The highest BCUT2D eigenvalue weighted by molar-refractivity contribution is 7.00. The fourth-order valence-corrected chi connectivity index (χ4v) is 18.6. The van der Waals surface area contributed by atoms with Crippen molar-refractivity contribution in [1.29, 1.82) is 0 Å². The minimum absolute atomic E-state index is 0.0767. The van der Waals surface area contributed by atoms with Crippen molar-refractivity contribution in [1.82, 2.24) is 13.7 Å². The number of anilines is 9. The highest BCUT2D eigenvalue weighted by Crippen LogP contribution is 2.55. The molecule has 6 nitrogen and oxygen atoms in total. The predicted octanol–water partition coefficient (Wildman–Crippen LogP) is 29.1. The smallest absolute Gasteiger partial charge is 0.252 e. The first-order chi connectivity index (χ1) is 66.0. The Bertz CT molecular complexity index is 8320. The normalized spacial score (nSPS) is 14.8. The maximum Gasteiger partial charge on any atom is 0.252 e. The third kappa shape index (κ3) is 12.1. The Hall–Kier alpha value is -14.4. The first kappa shape index (κ1) is 56.9. The third-order valence-corrected chi connectivity index (χ3v) is 24.5. The monoisotopic (exact) mass is 1570 g/mol. The van der Waals surface area contributed by atoms with E-state index in [9.17, 15) is 19.2 Å². The number of benzene rings is 17. The molecule has 0 amide bonds. The Balaban J connectivity index is 0.958. The van der Waals surface area contributed by atoms with Crippen LogP contribution < -0.4 is 31.1 Å². The summed E-state index contributed by atoms with van der Waals surface area (Å²) in [5.41, 5.74) is 19.9. The molecule has 0 saturated carbocycles.